The standard InChI is InChI=1S/C4H8O2S2/c5-3-1-2-7-8-4(3)6/h3-6H,1-2H2/t3-,4+/m0/s1. The first kappa shape index (κ1) is 6.74. The summed E-state index contributed by atoms with van der Waals surface area (Å²) in [6.45, 7) is 0. The highest BCUT2D eigenvalue weighted by atomic mass is 33.1. The summed E-state index contributed by atoms with van der Waals surface area (Å²) in [7, 11) is 2.96. The summed E-state index contributed by atoms with van der Waals surface area (Å²) >= 11 is 0. The smallest absolute Gasteiger partial charge is 0.135 e. The predicted molar refractivity (Wildman–Crippen MR) is 36.7 cm³/mol. The lowest BCUT2D eigenvalue weighted by molar-refractivity contribution is 0.0714. The lowest BCUT2D eigenvalue weighted by Gasteiger charge is -2.20. The van der Waals surface area contributed by atoms with Crippen LogP contribution >= 0.6 is 21.6 Å². The normalized spacial score (nSPS) is 39.8. The molecule has 0 radical (unpaired) electrons. The Labute approximate surface area is 56.1 Å². The molecular weight excluding hydrogens is 144 g/mol. The molecule has 2 nitrogen and oxygen atoms in total. The third-order valence-corrected chi connectivity index (χ3v) is 3.54. The van der Waals surface area contributed by atoms with Gasteiger partial charge in [0.2, 0.25) is 0 Å². The molecule has 1 rings (SSSR count). The highest BCUT2D eigenvalue weighted by Crippen LogP contribution is 2.33. The summed E-state index contributed by atoms with van der Waals surface area (Å²) < 4.78 is 0. The van der Waals surface area contributed by atoms with Crippen molar-refractivity contribution in [2.24, 2.45) is 0 Å². The minimum atomic E-state index is -0.561. The lowest BCUT2D eigenvalue weighted by Crippen LogP contribution is -2.25. The Morgan fingerprint density at radius 1 is 1.38 bits per heavy atom. The fourth-order valence-corrected chi connectivity index (χ4v) is 2.71. The first-order valence-electron chi connectivity index (χ1n) is 2.45. The zero-order chi connectivity index (χ0) is 5.98. The van der Waals surface area contributed by atoms with E-state index < -0.39 is 11.5 Å². The molecule has 0 unspecified atom stereocenters. The number of hydrogen-bond acceptors (Lipinski definition) is 4. The summed E-state index contributed by atoms with van der Waals surface area (Å²) in [4.78, 5) is 0. The first-order chi connectivity index (χ1) is 3.80. The molecule has 1 aliphatic rings. The molecule has 0 spiro atoms. The molecule has 1 fully saturated rings. The van der Waals surface area contributed by atoms with Gasteiger partial charge in [-0.25, -0.2) is 0 Å². The van der Waals surface area contributed by atoms with Gasteiger partial charge >= 0.3 is 0 Å². The number of rotatable bonds is 0. The highest BCUT2D eigenvalue weighted by molar-refractivity contribution is 8.77. The summed E-state index contributed by atoms with van der Waals surface area (Å²) in [6.07, 6.45) is 0.222. The second-order valence-corrected chi connectivity index (χ2v) is 4.27. The van der Waals surface area contributed by atoms with Crippen LogP contribution in [0.5, 0.6) is 0 Å². The Morgan fingerprint density at radius 3 is 2.50 bits per heavy atom. The molecule has 0 aromatic rings. The van der Waals surface area contributed by atoms with Gasteiger partial charge in [-0.3, -0.25) is 0 Å². The van der Waals surface area contributed by atoms with E-state index in [-0.39, 0.29) is 0 Å². The Kier molecular flexibility index (Phi) is 2.49. The largest absolute Gasteiger partial charge is 0.389 e. The monoisotopic (exact) mass is 152 g/mol. The maximum absolute atomic E-state index is 8.89. The van der Waals surface area contributed by atoms with E-state index >= 15 is 0 Å². The second-order valence-electron chi connectivity index (χ2n) is 1.66. The van der Waals surface area contributed by atoms with E-state index in [9.17, 15) is 0 Å². The molecule has 8 heavy (non-hydrogen) atoms. The van der Waals surface area contributed by atoms with Crippen molar-refractivity contribution in [2.75, 3.05) is 5.75 Å². The maximum atomic E-state index is 8.89. The molecule has 0 saturated carbocycles. The SMILES string of the molecule is O[C@@H]1SSCC[C@@H]1O. The Morgan fingerprint density at radius 2 is 2.12 bits per heavy atom. The lowest BCUT2D eigenvalue weighted by atomic mass is 10.3. The maximum Gasteiger partial charge on any atom is 0.135 e. The molecule has 1 aliphatic heterocycles. The summed E-state index contributed by atoms with van der Waals surface area (Å²) in [5, 5.41) is 17.8. The molecule has 2 N–H and O–H groups in total. The summed E-state index contributed by atoms with van der Waals surface area (Å²) in [5.74, 6) is 0.947. The number of aliphatic hydroxyl groups excluding tert-OH is 2. The topological polar surface area (TPSA) is 40.5 Å². The minimum Gasteiger partial charge on any atom is -0.389 e. The quantitative estimate of drug-likeness (QED) is 0.494. The average Bonchev–Trinajstić information content (AvgIpc) is 1.77. The van der Waals surface area contributed by atoms with Crippen molar-refractivity contribution in [3.8, 4) is 0 Å². The van der Waals surface area contributed by atoms with E-state index in [1.165, 1.54) is 10.8 Å². The molecule has 0 aromatic heterocycles. The fourth-order valence-electron chi connectivity index (χ4n) is 0.493. The zero-order valence-electron chi connectivity index (χ0n) is 4.28. The van der Waals surface area contributed by atoms with Gasteiger partial charge in [-0.15, -0.1) is 0 Å². The van der Waals surface area contributed by atoms with Crippen molar-refractivity contribution < 1.29 is 10.2 Å². The molecule has 48 valence electrons. The molecule has 0 aliphatic carbocycles. The average molecular weight is 152 g/mol. The van der Waals surface area contributed by atoms with Crippen LogP contribution in [0.4, 0.5) is 0 Å². The van der Waals surface area contributed by atoms with Crippen LogP contribution in [0.3, 0.4) is 0 Å². The molecule has 2 atom stereocenters. The first-order valence-corrected chi connectivity index (χ1v) is 4.83. The Hall–Kier alpha value is 0.620. The van der Waals surface area contributed by atoms with Gasteiger partial charge in [0, 0.05) is 5.75 Å². The van der Waals surface area contributed by atoms with Crippen LogP contribution in [-0.4, -0.2) is 27.5 Å². The van der Waals surface area contributed by atoms with E-state index in [4.69, 9.17) is 10.2 Å². The molecule has 1 heterocycles. The summed E-state index contributed by atoms with van der Waals surface area (Å²) in [5.41, 5.74) is -0.561. The third kappa shape index (κ3) is 1.55. The van der Waals surface area contributed by atoms with E-state index in [1.54, 1.807) is 10.8 Å². The van der Waals surface area contributed by atoms with Gasteiger partial charge in [0.05, 0.1) is 6.10 Å². The van der Waals surface area contributed by atoms with Crippen LogP contribution in [0.2, 0.25) is 0 Å². The molecule has 0 bridgehead atoms. The van der Waals surface area contributed by atoms with Crippen molar-refractivity contribution in [1.82, 2.24) is 0 Å². The van der Waals surface area contributed by atoms with Gasteiger partial charge in [-0.05, 0) is 6.42 Å². The second kappa shape index (κ2) is 2.96. The van der Waals surface area contributed by atoms with Crippen molar-refractivity contribution >= 4 is 21.6 Å². The van der Waals surface area contributed by atoms with E-state index in [2.05, 4.69) is 0 Å². The van der Waals surface area contributed by atoms with Crippen molar-refractivity contribution in [2.45, 2.75) is 18.0 Å². The zero-order valence-corrected chi connectivity index (χ0v) is 5.91. The number of aliphatic hydroxyl groups is 2. The molecular formula is C4H8O2S2. The fraction of sp³-hybridized carbons (Fsp3) is 1.00. The van der Waals surface area contributed by atoms with Gasteiger partial charge in [-0.1, -0.05) is 21.6 Å². The Bertz CT molecular complexity index is 68.4. The molecule has 0 aromatic carbocycles. The summed E-state index contributed by atoms with van der Waals surface area (Å²) in [6, 6.07) is 0. The van der Waals surface area contributed by atoms with Gasteiger partial charge in [0.25, 0.3) is 0 Å². The van der Waals surface area contributed by atoms with Crippen molar-refractivity contribution in [3.05, 3.63) is 0 Å². The molecule has 0 amide bonds. The third-order valence-electron chi connectivity index (χ3n) is 0.993. The molecule has 1 saturated heterocycles. The van der Waals surface area contributed by atoms with Crippen LogP contribution in [0.15, 0.2) is 0 Å². The van der Waals surface area contributed by atoms with E-state index in [1.807, 2.05) is 0 Å². The van der Waals surface area contributed by atoms with Gasteiger partial charge in [0.15, 0.2) is 0 Å². The van der Waals surface area contributed by atoms with Gasteiger partial charge in [0.1, 0.15) is 5.44 Å². The van der Waals surface area contributed by atoms with Crippen LogP contribution in [0.25, 0.3) is 0 Å². The van der Waals surface area contributed by atoms with E-state index in [0.29, 0.717) is 0 Å². The number of hydrogen-bond donors (Lipinski definition) is 2. The van der Waals surface area contributed by atoms with Crippen LogP contribution < -0.4 is 0 Å². The highest BCUT2D eigenvalue weighted by Gasteiger charge is 2.20. The van der Waals surface area contributed by atoms with Crippen molar-refractivity contribution in [1.29, 1.82) is 0 Å². The van der Waals surface area contributed by atoms with Crippen LogP contribution in [-0.2, 0) is 0 Å². The van der Waals surface area contributed by atoms with Crippen molar-refractivity contribution in [3.63, 3.8) is 0 Å². The molecule has 4 heteroatoms. The Balaban J connectivity index is 2.28. The predicted octanol–water partition coefficient (Wildman–Crippen LogP) is 0.451. The minimum absolute atomic E-state index is 0.499. The van der Waals surface area contributed by atoms with E-state index in [0.717, 1.165) is 12.2 Å². The van der Waals surface area contributed by atoms with Gasteiger partial charge < -0.3 is 10.2 Å². The van der Waals surface area contributed by atoms with Crippen LogP contribution in [0.1, 0.15) is 6.42 Å². The van der Waals surface area contributed by atoms with Crippen LogP contribution in [0, 0.1) is 0 Å². The van der Waals surface area contributed by atoms with Gasteiger partial charge in [-0.2, -0.15) is 0 Å².